The van der Waals surface area contributed by atoms with E-state index in [0.29, 0.717) is 19.8 Å². The molecule has 1 N–H and O–H groups in total. The molecular weight excluding hydrogens is 330 g/mol. The quantitative estimate of drug-likeness (QED) is 0.566. The molecule has 0 saturated heterocycles. The van der Waals surface area contributed by atoms with E-state index in [9.17, 15) is 0 Å². The summed E-state index contributed by atoms with van der Waals surface area (Å²) in [6.45, 7) is 9.10. The van der Waals surface area contributed by atoms with Crippen LogP contribution >= 0.6 is 15.9 Å². The third kappa shape index (κ3) is 8.57. The van der Waals surface area contributed by atoms with E-state index in [1.165, 1.54) is 17.5 Å². The van der Waals surface area contributed by atoms with Crippen molar-refractivity contribution >= 4 is 15.9 Å². The lowest BCUT2D eigenvalue weighted by atomic mass is 10.1. The molecule has 21 heavy (non-hydrogen) atoms. The maximum Gasteiger partial charge on any atom is 0.0728 e. The second kappa shape index (κ2) is 12.2. The summed E-state index contributed by atoms with van der Waals surface area (Å²) in [5.41, 5.74) is 2.48. The first-order chi connectivity index (χ1) is 10.3. The second-order valence-corrected chi connectivity index (χ2v) is 5.98. The van der Waals surface area contributed by atoms with E-state index in [2.05, 4.69) is 53.3 Å². The Kier molecular flexibility index (Phi) is 10.8. The smallest absolute Gasteiger partial charge is 0.0728 e. The first-order valence-corrected chi connectivity index (χ1v) is 8.70. The third-order valence-corrected chi connectivity index (χ3v) is 3.88. The number of hydrogen-bond donors (Lipinski definition) is 1. The van der Waals surface area contributed by atoms with Gasteiger partial charge in [-0.15, -0.1) is 0 Å². The van der Waals surface area contributed by atoms with Crippen molar-refractivity contribution in [2.75, 3.05) is 26.4 Å². The molecule has 120 valence electrons. The summed E-state index contributed by atoms with van der Waals surface area (Å²) < 4.78 is 12.2. The lowest BCUT2D eigenvalue weighted by Gasteiger charge is -2.09. The van der Waals surface area contributed by atoms with Crippen LogP contribution in [0.3, 0.4) is 0 Å². The van der Waals surface area contributed by atoms with Crippen molar-refractivity contribution in [3.63, 3.8) is 0 Å². The SMILES string of the molecule is CCCCOCCOCc1ccc(CNCCC)cc1Br. The maximum atomic E-state index is 5.65. The van der Waals surface area contributed by atoms with E-state index in [0.717, 1.165) is 37.0 Å². The molecule has 0 aromatic heterocycles. The molecule has 0 amide bonds. The van der Waals surface area contributed by atoms with Crippen LogP contribution in [0.2, 0.25) is 0 Å². The molecule has 0 radical (unpaired) electrons. The molecule has 0 bridgehead atoms. The number of unbranched alkanes of at least 4 members (excludes halogenated alkanes) is 1. The molecule has 0 aliphatic heterocycles. The summed E-state index contributed by atoms with van der Waals surface area (Å²) in [5.74, 6) is 0. The molecule has 0 heterocycles. The van der Waals surface area contributed by atoms with Crippen molar-refractivity contribution in [2.24, 2.45) is 0 Å². The fourth-order valence-corrected chi connectivity index (χ4v) is 2.42. The Morgan fingerprint density at radius 1 is 1.05 bits per heavy atom. The number of nitrogens with one attached hydrogen (secondary N) is 1. The Labute approximate surface area is 137 Å². The number of rotatable bonds is 12. The van der Waals surface area contributed by atoms with Crippen molar-refractivity contribution in [1.82, 2.24) is 5.32 Å². The highest BCUT2D eigenvalue weighted by molar-refractivity contribution is 9.10. The van der Waals surface area contributed by atoms with Crippen LogP contribution in [0.25, 0.3) is 0 Å². The summed E-state index contributed by atoms with van der Waals surface area (Å²) in [7, 11) is 0. The normalized spacial score (nSPS) is 11.0. The zero-order valence-electron chi connectivity index (χ0n) is 13.3. The fraction of sp³-hybridized carbons (Fsp3) is 0.647. The van der Waals surface area contributed by atoms with Gasteiger partial charge in [0.05, 0.1) is 19.8 Å². The summed E-state index contributed by atoms with van der Waals surface area (Å²) in [4.78, 5) is 0. The van der Waals surface area contributed by atoms with E-state index < -0.39 is 0 Å². The minimum Gasteiger partial charge on any atom is -0.379 e. The van der Waals surface area contributed by atoms with Crippen LogP contribution in [0.15, 0.2) is 22.7 Å². The van der Waals surface area contributed by atoms with Gasteiger partial charge in [-0.25, -0.2) is 0 Å². The lowest BCUT2D eigenvalue weighted by molar-refractivity contribution is 0.0395. The number of hydrogen-bond acceptors (Lipinski definition) is 3. The van der Waals surface area contributed by atoms with Crippen LogP contribution in [0.5, 0.6) is 0 Å². The van der Waals surface area contributed by atoms with Crippen LogP contribution in [0, 0.1) is 0 Å². The summed E-state index contributed by atoms with van der Waals surface area (Å²) in [6, 6.07) is 6.45. The predicted octanol–water partition coefficient (Wildman–Crippen LogP) is 4.28. The Bertz CT molecular complexity index is 385. The van der Waals surface area contributed by atoms with Gasteiger partial charge in [-0.1, -0.05) is 48.3 Å². The van der Waals surface area contributed by atoms with Crippen molar-refractivity contribution in [2.45, 2.75) is 46.3 Å². The summed E-state index contributed by atoms with van der Waals surface area (Å²) in [6.07, 6.45) is 3.46. The summed E-state index contributed by atoms with van der Waals surface area (Å²) >= 11 is 3.62. The largest absolute Gasteiger partial charge is 0.379 e. The second-order valence-electron chi connectivity index (χ2n) is 5.12. The van der Waals surface area contributed by atoms with Crippen LogP contribution in [-0.4, -0.2) is 26.4 Å². The molecule has 0 atom stereocenters. The van der Waals surface area contributed by atoms with E-state index in [1.54, 1.807) is 0 Å². The van der Waals surface area contributed by atoms with Gasteiger partial charge < -0.3 is 14.8 Å². The summed E-state index contributed by atoms with van der Waals surface area (Å²) in [5, 5.41) is 3.41. The number of halogens is 1. The molecule has 0 spiro atoms. The molecule has 3 nitrogen and oxygen atoms in total. The zero-order chi connectivity index (χ0) is 15.3. The molecule has 0 unspecified atom stereocenters. The van der Waals surface area contributed by atoms with Crippen LogP contribution in [-0.2, 0) is 22.6 Å². The Morgan fingerprint density at radius 2 is 1.86 bits per heavy atom. The van der Waals surface area contributed by atoms with E-state index in [1.807, 2.05) is 0 Å². The highest BCUT2D eigenvalue weighted by Gasteiger charge is 2.02. The Balaban J connectivity index is 2.22. The average molecular weight is 358 g/mol. The molecule has 0 saturated carbocycles. The number of benzene rings is 1. The van der Waals surface area contributed by atoms with Crippen molar-refractivity contribution < 1.29 is 9.47 Å². The molecule has 1 rings (SSSR count). The third-order valence-electron chi connectivity index (χ3n) is 3.15. The fourth-order valence-electron chi connectivity index (χ4n) is 1.88. The van der Waals surface area contributed by atoms with Gasteiger partial charge in [0.1, 0.15) is 0 Å². The molecule has 1 aromatic carbocycles. The van der Waals surface area contributed by atoms with Crippen LogP contribution in [0.4, 0.5) is 0 Å². The van der Waals surface area contributed by atoms with Crippen molar-refractivity contribution in [3.05, 3.63) is 33.8 Å². The topological polar surface area (TPSA) is 30.5 Å². The van der Waals surface area contributed by atoms with Crippen LogP contribution < -0.4 is 5.32 Å². The van der Waals surface area contributed by atoms with Gasteiger partial charge in [0.25, 0.3) is 0 Å². The molecular formula is C17H28BrNO2. The van der Waals surface area contributed by atoms with Crippen molar-refractivity contribution in [1.29, 1.82) is 0 Å². The van der Waals surface area contributed by atoms with Gasteiger partial charge in [0.15, 0.2) is 0 Å². The van der Waals surface area contributed by atoms with E-state index in [4.69, 9.17) is 9.47 Å². The van der Waals surface area contributed by atoms with E-state index in [-0.39, 0.29) is 0 Å². The lowest BCUT2D eigenvalue weighted by Crippen LogP contribution is -2.13. The zero-order valence-corrected chi connectivity index (χ0v) is 14.9. The average Bonchev–Trinajstić information content (AvgIpc) is 2.48. The molecule has 1 aromatic rings. The highest BCUT2D eigenvalue weighted by atomic mass is 79.9. The van der Waals surface area contributed by atoms with Gasteiger partial charge in [0.2, 0.25) is 0 Å². The highest BCUT2D eigenvalue weighted by Crippen LogP contribution is 2.19. The molecule has 0 aliphatic carbocycles. The van der Waals surface area contributed by atoms with Gasteiger partial charge in [0, 0.05) is 17.6 Å². The van der Waals surface area contributed by atoms with Gasteiger partial charge in [-0.05, 0) is 36.6 Å². The van der Waals surface area contributed by atoms with Gasteiger partial charge in [-0.3, -0.25) is 0 Å². The standard InChI is InChI=1S/C17H28BrNO2/c1-3-5-9-20-10-11-21-14-16-7-6-15(12-17(16)18)13-19-8-4-2/h6-7,12,19H,3-5,8-11,13-14H2,1-2H3. The van der Waals surface area contributed by atoms with Crippen LogP contribution in [0.1, 0.15) is 44.2 Å². The van der Waals surface area contributed by atoms with E-state index >= 15 is 0 Å². The predicted molar refractivity (Wildman–Crippen MR) is 91.5 cm³/mol. The molecule has 0 aliphatic rings. The Hall–Kier alpha value is -0.420. The van der Waals surface area contributed by atoms with Crippen molar-refractivity contribution in [3.8, 4) is 0 Å². The Morgan fingerprint density at radius 3 is 2.57 bits per heavy atom. The van der Waals surface area contributed by atoms with Gasteiger partial charge in [-0.2, -0.15) is 0 Å². The molecule has 0 fully saturated rings. The van der Waals surface area contributed by atoms with Gasteiger partial charge >= 0.3 is 0 Å². The maximum absolute atomic E-state index is 5.65. The monoisotopic (exact) mass is 357 g/mol. The minimum atomic E-state index is 0.625. The minimum absolute atomic E-state index is 0.625. The first kappa shape index (κ1) is 18.6. The number of ether oxygens (including phenoxy) is 2. The first-order valence-electron chi connectivity index (χ1n) is 7.91. The molecule has 4 heteroatoms.